The minimum absolute atomic E-state index is 0.221. The van der Waals surface area contributed by atoms with Crippen LogP contribution in [0.15, 0.2) is 6.07 Å². The topological polar surface area (TPSA) is 78.4 Å². The fraction of sp³-hybridized carbons (Fsp3) is 0.714. The number of rotatable bonds is 6. The summed E-state index contributed by atoms with van der Waals surface area (Å²) >= 11 is 0. The highest BCUT2D eigenvalue weighted by atomic mass is 32.2. The summed E-state index contributed by atoms with van der Waals surface area (Å²) in [5, 5.41) is 3.19. The molecule has 0 unspecified atom stereocenters. The van der Waals surface area contributed by atoms with Crippen LogP contribution in [0, 0.1) is 6.92 Å². The highest BCUT2D eigenvalue weighted by Crippen LogP contribution is 2.17. The van der Waals surface area contributed by atoms with Crippen LogP contribution < -0.4 is 10.2 Å². The molecule has 8 heteroatoms. The molecule has 0 spiro atoms. The maximum atomic E-state index is 12.1. The van der Waals surface area contributed by atoms with Crippen LogP contribution >= 0.6 is 0 Å². The molecule has 2 heterocycles. The molecular formula is C14H25N5O2S. The first-order valence-corrected chi connectivity index (χ1v) is 9.39. The largest absolute Gasteiger partial charge is 0.370 e. The normalized spacial score (nSPS) is 16.8. The molecule has 124 valence electrons. The molecule has 1 saturated heterocycles. The highest BCUT2D eigenvalue weighted by Gasteiger charge is 2.27. The molecule has 1 fully saturated rings. The van der Waals surface area contributed by atoms with Crippen molar-refractivity contribution in [3.63, 3.8) is 0 Å². The van der Waals surface area contributed by atoms with Gasteiger partial charge in [0.05, 0.1) is 5.75 Å². The van der Waals surface area contributed by atoms with Crippen LogP contribution in [0.25, 0.3) is 0 Å². The SMILES string of the molecule is CCCS(=O)(=O)N1CCN(c2nc(C)cc(NCC)n2)CC1. The summed E-state index contributed by atoms with van der Waals surface area (Å²) in [6.45, 7) is 8.89. The van der Waals surface area contributed by atoms with Gasteiger partial charge in [-0.15, -0.1) is 0 Å². The van der Waals surface area contributed by atoms with Gasteiger partial charge in [-0.05, 0) is 20.3 Å². The Hall–Kier alpha value is -1.41. The molecule has 0 atom stereocenters. The number of hydrogen-bond donors (Lipinski definition) is 1. The van der Waals surface area contributed by atoms with Gasteiger partial charge in [-0.3, -0.25) is 0 Å². The molecular weight excluding hydrogens is 302 g/mol. The van der Waals surface area contributed by atoms with Crippen molar-refractivity contribution in [2.75, 3.05) is 48.7 Å². The fourth-order valence-electron chi connectivity index (χ4n) is 2.52. The Balaban J connectivity index is 2.05. The molecule has 0 bridgehead atoms. The molecule has 1 aliphatic rings. The molecule has 22 heavy (non-hydrogen) atoms. The lowest BCUT2D eigenvalue weighted by Crippen LogP contribution is -2.49. The van der Waals surface area contributed by atoms with Gasteiger partial charge in [-0.2, -0.15) is 9.29 Å². The van der Waals surface area contributed by atoms with Crippen molar-refractivity contribution in [3.05, 3.63) is 11.8 Å². The van der Waals surface area contributed by atoms with E-state index in [-0.39, 0.29) is 5.75 Å². The standard InChI is InChI=1S/C14H25N5O2S/c1-4-10-22(20,21)19-8-6-18(7-9-19)14-16-12(3)11-13(17-14)15-5-2/h11H,4-10H2,1-3H3,(H,15,16,17). The van der Waals surface area contributed by atoms with Crippen LogP contribution in [0.3, 0.4) is 0 Å². The predicted molar refractivity (Wildman–Crippen MR) is 88.8 cm³/mol. The van der Waals surface area contributed by atoms with Gasteiger partial charge in [0.2, 0.25) is 16.0 Å². The van der Waals surface area contributed by atoms with E-state index in [2.05, 4.69) is 15.3 Å². The number of aromatic nitrogens is 2. The van der Waals surface area contributed by atoms with Crippen molar-refractivity contribution in [1.29, 1.82) is 0 Å². The first-order chi connectivity index (χ1) is 10.5. The Morgan fingerprint density at radius 3 is 2.45 bits per heavy atom. The van der Waals surface area contributed by atoms with Crippen molar-refractivity contribution < 1.29 is 8.42 Å². The van der Waals surface area contributed by atoms with E-state index in [0.29, 0.717) is 38.5 Å². The summed E-state index contributed by atoms with van der Waals surface area (Å²) in [6.07, 6.45) is 0.648. The molecule has 7 nitrogen and oxygen atoms in total. The maximum Gasteiger partial charge on any atom is 0.227 e. The summed E-state index contributed by atoms with van der Waals surface area (Å²) in [6, 6.07) is 1.91. The first-order valence-electron chi connectivity index (χ1n) is 7.78. The zero-order valence-electron chi connectivity index (χ0n) is 13.5. The van der Waals surface area contributed by atoms with Crippen molar-refractivity contribution in [3.8, 4) is 0 Å². The van der Waals surface area contributed by atoms with E-state index in [0.717, 1.165) is 18.1 Å². The molecule has 0 aromatic carbocycles. The summed E-state index contributed by atoms with van der Waals surface area (Å²) in [5.41, 5.74) is 0.905. The number of anilines is 2. The Morgan fingerprint density at radius 1 is 1.18 bits per heavy atom. The third-order valence-corrected chi connectivity index (χ3v) is 5.65. The molecule has 1 N–H and O–H groups in total. The molecule has 2 rings (SSSR count). The fourth-order valence-corrected chi connectivity index (χ4v) is 4.01. The maximum absolute atomic E-state index is 12.1. The van der Waals surface area contributed by atoms with E-state index in [4.69, 9.17) is 0 Å². The number of piperazine rings is 1. The number of nitrogens with one attached hydrogen (secondary N) is 1. The van der Waals surface area contributed by atoms with Crippen molar-refractivity contribution >= 4 is 21.8 Å². The van der Waals surface area contributed by atoms with Gasteiger partial charge < -0.3 is 10.2 Å². The van der Waals surface area contributed by atoms with Crippen molar-refractivity contribution in [2.45, 2.75) is 27.2 Å². The van der Waals surface area contributed by atoms with Gasteiger partial charge in [0, 0.05) is 44.5 Å². The van der Waals surface area contributed by atoms with E-state index in [1.807, 2.05) is 31.7 Å². The lowest BCUT2D eigenvalue weighted by atomic mass is 10.3. The molecule has 0 amide bonds. The molecule has 0 radical (unpaired) electrons. The zero-order valence-corrected chi connectivity index (χ0v) is 14.4. The molecule has 0 saturated carbocycles. The van der Waals surface area contributed by atoms with Crippen LogP contribution in [-0.4, -0.2) is 61.2 Å². The monoisotopic (exact) mass is 327 g/mol. The molecule has 1 aromatic heterocycles. The van der Waals surface area contributed by atoms with Gasteiger partial charge in [-0.25, -0.2) is 13.4 Å². The van der Waals surface area contributed by atoms with E-state index in [1.165, 1.54) is 0 Å². The summed E-state index contributed by atoms with van der Waals surface area (Å²) in [7, 11) is -3.11. The van der Waals surface area contributed by atoms with Crippen LogP contribution in [-0.2, 0) is 10.0 Å². The average molecular weight is 327 g/mol. The first kappa shape index (κ1) is 17.0. The van der Waals surface area contributed by atoms with Gasteiger partial charge in [0.25, 0.3) is 0 Å². The van der Waals surface area contributed by atoms with Crippen molar-refractivity contribution in [2.24, 2.45) is 0 Å². The van der Waals surface area contributed by atoms with Crippen LogP contribution in [0.5, 0.6) is 0 Å². The summed E-state index contributed by atoms with van der Waals surface area (Å²) in [4.78, 5) is 11.0. The Morgan fingerprint density at radius 2 is 1.86 bits per heavy atom. The second-order valence-corrected chi connectivity index (χ2v) is 7.52. The number of aryl methyl sites for hydroxylation is 1. The lowest BCUT2D eigenvalue weighted by molar-refractivity contribution is 0.382. The Kier molecular flexibility index (Phi) is 5.57. The van der Waals surface area contributed by atoms with E-state index in [1.54, 1.807) is 4.31 Å². The quantitative estimate of drug-likeness (QED) is 0.842. The highest BCUT2D eigenvalue weighted by molar-refractivity contribution is 7.89. The Labute approximate surface area is 132 Å². The second-order valence-electron chi connectivity index (χ2n) is 5.43. The summed E-state index contributed by atoms with van der Waals surface area (Å²) < 4.78 is 25.8. The number of sulfonamides is 1. The predicted octanol–water partition coefficient (Wildman–Crippen LogP) is 1.08. The summed E-state index contributed by atoms with van der Waals surface area (Å²) in [5.74, 6) is 1.70. The van der Waals surface area contributed by atoms with E-state index < -0.39 is 10.0 Å². The van der Waals surface area contributed by atoms with E-state index in [9.17, 15) is 8.42 Å². The molecule has 0 aliphatic carbocycles. The van der Waals surface area contributed by atoms with Gasteiger partial charge in [0.1, 0.15) is 5.82 Å². The Bertz CT molecular complexity index is 597. The van der Waals surface area contributed by atoms with Gasteiger partial charge in [-0.1, -0.05) is 6.92 Å². The minimum Gasteiger partial charge on any atom is -0.370 e. The van der Waals surface area contributed by atoms with E-state index >= 15 is 0 Å². The average Bonchev–Trinajstić information content (AvgIpc) is 2.47. The lowest BCUT2D eigenvalue weighted by Gasteiger charge is -2.34. The van der Waals surface area contributed by atoms with Gasteiger partial charge >= 0.3 is 0 Å². The van der Waals surface area contributed by atoms with Crippen LogP contribution in [0.4, 0.5) is 11.8 Å². The third kappa shape index (κ3) is 4.07. The second kappa shape index (κ2) is 7.23. The van der Waals surface area contributed by atoms with Crippen LogP contribution in [0.1, 0.15) is 26.0 Å². The third-order valence-electron chi connectivity index (χ3n) is 3.58. The van der Waals surface area contributed by atoms with Crippen molar-refractivity contribution in [1.82, 2.24) is 14.3 Å². The van der Waals surface area contributed by atoms with Gasteiger partial charge in [0.15, 0.2) is 0 Å². The number of nitrogens with zero attached hydrogens (tertiary/aromatic N) is 4. The smallest absolute Gasteiger partial charge is 0.227 e. The zero-order chi connectivity index (χ0) is 16.2. The number of hydrogen-bond acceptors (Lipinski definition) is 6. The molecule has 1 aliphatic heterocycles. The minimum atomic E-state index is -3.11. The van der Waals surface area contributed by atoms with Crippen LogP contribution in [0.2, 0.25) is 0 Å². The molecule has 1 aromatic rings.